The van der Waals surface area contributed by atoms with Crippen molar-refractivity contribution in [2.45, 2.75) is 37.0 Å². The molecular weight excluding hydrogens is 256 g/mol. The van der Waals surface area contributed by atoms with Gasteiger partial charge >= 0.3 is 0 Å². The number of benzene rings is 1. The van der Waals surface area contributed by atoms with E-state index in [4.69, 9.17) is 0 Å². The summed E-state index contributed by atoms with van der Waals surface area (Å²) in [6.45, 7) is 0.984. The van der Waals surface area contributed by atoms with Crippen LogP contribution in [0.4, 0.5) is 5.69 Å². The van der Waals surface area contributed by atoms with E-state index in [-0.39, 0.29) is 5.91 Å². The van der Waals surface area contributed by atoms with Gasteiger partial charge in [-0.3, -0.25) is 4.79 Å². The van der Waals surface area contributed by atoms with Crippen LogP contribution in [0, 0.1) is 0 Å². The van der Waals surface area contributed by atoms with Gasteiger partial charge in [0.1, 0.15) is 0 Å². The first-order chi connectivity index (χ1) is 9.28. The second-order valence-corrected chi connectivity index (χ2v) is 6.41. The summed E-state index contributed by atoms with van der Waals surface area (Å²) in [6, 6.07) is 6.35. The van der Waals surface area contributed by atoms with Crippen LogP contribution in [0.5, 0.6) is 0 Å². The van der Waals surface area contributed by atoms with E-state index in [9.17, 15) is 4.79 Å². The van der Waals surface area contributed by atoms with E-state index in [0.29, 0.717) is 11.3 Å². The van der Waals surface area contributed by atoms with Gasteiger partial charge in [-0.15, -0.1) is 0 Å². The number of fused-ring (bicyclic) bond motifs is 1. The molecule has 3 rings (SSSR count). The zero-order valence-electron chi connectivity index (χ0n) is 11.2. The normalized spacial score (nSPS) is 24.9. The molecule has 2 atom stereocenters. The lowest BCUT2D eigenvalue weighted by Crippen LogP contribution is -2.38. The molecule has 0 aromatic heterocycles. The molecule has 1 fully saturated rings. The van der Waals surface area contributed by atoms with E-state index in [0.717, 1.165) is 30.6 Å². The van der Waals surface area contributed by atoms with Crippen LogP contribution < -0.4 is 10.6 Å². The first-order valence-corrected chi connectivity index (χ1v) is 8.27. The van der Waals surface area contributed by atoms with E-state index in [1.165, 1.54) is 18.4 Å². The maximum absolute atomic E-state index is 12.3. The lowest BCUT2D eigenvalue weighted by molar-refractivity contribution is 0.0939. The predicted molar refractivity (Wildman–Crippen MR) is 81.0 cm³/mol. The lowest BCUT2D eigenvalue weighted by atomic mass is 10.1. The van der Waals surface area contributed by atoms with Gasteiger partial charge in [0.05, 0.1) is 0 Å². The molecule has 0 bridgehead atoms. The van der Waals surface area contributed by atoms with Crippen molar-refractivity contribution in [3.8, 4) is 0 Å². The summed E-state index contributed by atoms with van der Waals surface area (Å²) in [5, 5.41) is 7.10. The van der Waals surface area contributed by atoms with E-state index >= 15 is 0 Å². The molecule has 3 nitrogen and oxygen atoms in total. The maximum atomic E-state index is 12.3. The molecule has 102 valence electrons. The molecule has 1 aromatic carbocycles. The van der Waals surface area contributed by atoms with Crippen molar-refractivity contribution in [1.82, 2.24) is 5.32 Å². The van der Waals surface area contributed by atoms with Gasteiger partial charge in [-0.05, 0) is 43.2 Å². The predicted octanol–water partition coefficient (Wildman–Crippen LogP) is 2.67. The fourth-order valence-corrected chi connectivity index (χ4v) is 3.99. The molecule has 1 amide bonds. The number of hydrogen-bond donors (Lipinski definition) is 2. The number of hydrogen-bond acceptors (Lipinski definition) is 3. The molecule has 1 aromatic rings. The van der Waals surface area contributed by atoms with Gasteiger partial charge in [0.25, 0.3) is 5.91 Å². The standard InChI is InChI=1S/C15H20N2OS/c1-19-14-4-2-3-12(14)17-15(18)11-6-5-10-7-8-16-13(10)9-11/h5-6,9,12,14,16H,2-4,7-8H2,1H3,(H,17,18). The third kappa shape index (κ3) is 2.59. The molecule has 2 unspecified atom stereocenters. The quantitative estimate of drug-likeness (QED) is 0.892. The smallest absolute Gasteiger partial charge is 0.251 e. The largest absolute Gasteiger partial charge is 0.384 e. The Bertz CT molecular complexity index is 489. The van der Waals surface area contributed by atoms with Crippen molar-refractivity contribution in [2.24, 2.45) is 0 Å². The molecule has 2 aliphatic rings. The van der Waals surface area contributed by atoms with Crippen molar-refractivity contribution in [3.63, 3.8) is 0 Å². The summed E-state index contributed by atoms with van der Waals surface area (Å²) >= 11 is 1.87. The lowest BCUT2D eigenvalue weighted by Gasteiger charge is -2.19. The third-order valence-electron chi connectivity index (χ3n) is 4.15. The summed E-state index contributed by atoms with van der Waals surface area (Å²) in [7, 11) is 0. The summed E-state index contributed by atoms with van der Waals surface area (Å²) in [4.78, 5) is 12.3. The first kappa shape index (κ1) is 12.9. The highest BCUT2D eigenvalue weighted by Crippen LogP contribution is 2.29. The van der Waals surface area contributed by atoms with E-state index < -0.39 is 0 Å². The molecule has 1 heterocycles. The second-order valence-electron chi connectivity index (χ2n) is 5.33. The van der Waals surface area contributed by atoms with Crippen LogP contribution in [0.1, 0.15) is 35.2 Å². The van der Waals surface area contributed by atoms with E-state index in [1.807, 2.05) is 23.9 Å². The molecule has 0 saturated heterocycles. The Morgan fingerprint density at radius 1 is 1.42 bits per heavy atom. The zero-order chi connectivity index (χ0) is 13.2. The van der Waals surface area contributed by atoms with Crippen molar-refractivity contribution in [1.29, 1.82) is 0 Å². The number of nitrogens with one attached hydrogen (secondary N) is 2. The number of thioether (sulfide) groups is 1. The van der Waals surface area contributed by atoms with Crippen LogP contribution in [-0.4, -0.2) is 30.0 Å². The molecule has 1 aliphatic carbocycles. The Morgan fingerprint density at radius 3 is 3.16 bits per heavy atom. The molecule has 0 radical (unpaired) electrons. The van der Waals surface area contributed by atoms with Crippen LogP contribution in [0.2, 0.25) is 0 Å². The van der Waals surface area contributed by atoms with Crippen LogP contribution >= 0.6 is 11.8 Å². The molecule has 19 heavy (non-hydrogen) atoms. The molecule has 1 aliphatic heterocycles. The Hall–Kier alpha value is -1.16. The number of anilines is 1. The Labute approximate surface area is 118 Å². The molecule has 4 heteroatoms. The highest BCUT2D eigenvalue weighted by molar-refractivity contribution is 7.99. The minimum atomic E-state index is 0.0717. The Balaban J connectivity index is 1.70. The second kappa shape index (κ2) is 5.45. The van der Waals surface area contributed by atoms with Crippen molar-refractivity contribution in [3.05, 3.63) is 29.3 Å². The van der Waals surface area contributed by atoms with Crippen LogP contribution in [0.3, 0.4) is 0 Å². The average molecular weight is 276 g/mol. The van der Waals surface area contributed by atoms with Gasteiger partial charge in [0.15, 0.2) is 0 Å². The molecule has 1 saturated carbocycles. The average Bonchev–Trinajstić information content (AvgIpc) is 3.05. The minimum absolute atomic E-state index is 0.0717. The van der Waals surface area contributed by atoms with E-state index in [2.05, 4.69) is 23.0 Å². The molecule has 0 spiro atoms. The summed E-state index contributed by atoms with van der Waals surface area (Å²) in [6.07, 6.45) is 6.75. The number of amides is 1. The third-order valence-corrected chi connectivity index (χ3v) is 5.32. The van der Waals surface area contributed by atoms with Crippen LogP contribution in [0.25, 0.3) is 0 Å². The van der Waals surface area contributed by atoms with Gasteiger partial charge < -0.3 is 10.6 Å². The summed E-state index contributed by atoms with van der Waals surface area (Å²) in [5.74, 6) is 0.0717. The highest BCUT2D eigenvalue weighted by atomic mass is 32.2. The van der Waals surface area contributed by atoms with Crippen LogP contribution in [0.15, 0.2) is 18.2 Å². The monoisotopic (exact) mass is 276 g/mol. The van der Waals surface area contributed by atoms with Crippen molar-refractivity contribution < 1.29 is 4.79 Å². The SMILES string of the molecule is CSC1CCCC1NC(=O)c1ccc2c(c1)NCC2. The van der Waals surface area contributed by atoms with Gasteiger partial charge in [-0.25, -0.2) is 0 Å². The number of rotatable bonds is 3. The number of carbonyl (C=O) groups is 1. The topological polar surface area (TPSA) is 41.1 Å². The van der Waals surface area contributed by atoms with Gasteiger partial charge in [-0.1, -0.05) is 12.5 Å². The van der Waals surface area contributed by atoms with Gasteiger partial charge in [0.2, 0.25) is 0 Å². The van der Waals surface area contributed by atoms with Gasteiger partial charge in [0, 0.05) is 29.1 Å². The summed E-state index contributed by atoms with van der Waals surface area (Å²) in [5.41, 5.74) is 3.22. The number of carbonyl (C=O) groups excluding carboxylic acids is 1. The van der Waals surface area contributed by atoms with Crippen LogP contribution in [-0.2, 0) is 6.42 Å². The fraction of sp³-hybridized carbons (Fsp3) is 0.533. The Morgan fingerprint density at radius 2 is 2.32 bits per heavy atom. The zero-order valence-corrected chi connectivity index (χ0v) is 12.1. The highest BCUT2D eigenvalue weighted by Gasteiger charge is 2.28. The minimum Gasteiger partial charge on any atom is -0.384 e. The van der Waals surface area contributed by atoms with E-state index in [1.54, 1.807) is 0 Å². The molecular formula is C15H20N2OS. The fourth-order valence-electron chi connectivity index (χ4n) is 3.06. The van der Waals surface area contributed by atoms with Gasteiger partial charge in [-0.2, -0.15) is 11.8 Å². The first-order valence-electron chi connectivity index (χ1n) is 6.98. The van der Waals surface area contributed by atoms with Crippen molar-refractivity contribution >= 4 is 23.4 Å². The van der Waals surface area contributed by atoms with Crippen molar-refractivity contribution in [2.75, 3.05) is 18.1 Å². The summed E-state index contributed by atoms with van der Waals surface area (Å²) < 4.78 is 0. The maximum Gasteiger partial charge on any atom is 0.251 e. The molecule has 2 N–H and O–H groups in total. The Kier molecular flexibility index (Phi) is 3.69.